The van der Waals surface area contributed by atoms with Crippen LogP contribution in [-0.2, 0) is 11.8 Å². The minimum Gasteiger partial charge on any atom is -0.135 e. The molecule has 0 bridgehead atoms. The van der Waals surface area contributed by atoms with E-state index in [1.807, 2.05) is 11.3 Å². The van der Waals surface area contributed by atoms with E-state index in [9.17, 15) is 0 Å². The van der Waals surface area contributed by atoms with Crippen molar-refractivity contribution in [1.29, 1.82) is 0 Å². The van der Waals surface area contributed by atoms with Crippen molar-refractivity contribution in [1.82, 2.24) is 0 Å². The van der Waals surface area contributed by atoms with Gasteiger partial charge in [0.15, 0.2) is 0 Å². The summed E-state index contributed by atoms with van der Waals surface area (Å²) in [6.45, 7) is 0. The van der Waals surface area contributed by atoms with Gasteiger partial charge in [0.25, 0.3) is 0 Å². The number of fused-ring (bicyclic) bond motifs is 15. The molecule has 41 heavy (non-hydrogen) atoms. The predicted molar refractivity (Wildman–Crippen MR) is 174 cm³/mol. The Labute approximate surface area is 242 Å². The van der Waals surface area contributed by atoms with E-state index < -0.39 is 0 Å². The fourth-order valence-corrected chi connectivity index (χ4v) is 9.38. The first-order valence-electron chi connectivity index (χ1n) is 14.4. The third-order valence-corrected chi connectivity index (χ3v) is 10.9. The van der Waals surface area contributed by atoms with Crippen molar-refractivity contribution < 1.29 is 0 Å². The molecular formula is C40H24S. The molecule has 0 amide bonds. The smallest absolute Gasteiger partial charge is 0.0732 e. The Kier molecular flexibility index (Phi) is 4.15. The number of hydrogen-bond acceptors (Lipinski definition) is 1. The summed E-state index contributed by atoms with van der Waals surface area (Å²) < 4.78 is 2.76. The zero-order valence-corrected chi connectivity index (χ0v) is 23.1. The zero-order chi connectivity index (χ0) is 26.7. The molecule has 1 unspecified atom stereocenters. The Morgan fingerprint density at radius 1 is 0.561 bits per heavy atom. The number of thiophene rings is 1. The van der Waals surface area contributed by atoms with Crippen molar-refractivity contribution in [2.75, 3.05) is 0 Å². The van der Waals surface area contributed by atoms with Gasteiger partial charge in [-0.3, -0.25) is 0 Å². The van der Waals surface area contributed by atoms with E-state index >= 15 is 0 Å². The minimum absolute atomic E-state index is 0.367. The quantitative estimate of drug-likeness (QED) is 0.196. The maximum Gasteiger partial charge on any atom is 0.0732 e. The molecule has 190 valence electrons. The molecule has 0 N–H and O–H groups in total. The van der Waals surface area contributed by atoms with Gasteiger partial charge < -0.3 is 0 Å². The number of hydrogen-bond donors (Lipinski definition) is 0. The summed E-state index contributed by atoms with van der Waals surface area (Å²) in [6, 6.07) is 46.1. The summed E-state index contributed by atoms with van der Waals surface area (Å²) in [5.74, 6) is 0. The average molecular weight is 537 g/mol. The lowest BCUT2D eigenvalue weighted by Gasteiger charge is -2.32. The lowest BCUT2D eigenvalue weighted by molar-refractivity contribution is 0.796. The summed E-state index contributed by atoms with van der Waals surface area (Å²) in [7, 11) is 0. The second-order valence-corrected chi connectivity index (χ2v) is 12.6. The Bertz CT molecular complexity index is 2300. The summed E-state index contributed by atoms with van der Waals surface area (Å²) in [6.07, 6.45) is 5.59. The monoisotopic (exact) mass is 536 g/mol. The third-order valence-electron chi connectivity index (χ3n) is 9.70. The fraction of sp³-hybridized carbons (Fsp3) is 0.0500. The average Bonchev–Trinajstić information content (AvgIpc) is 3.78. The van der Waals surface area contributed by atoms with Crippen molar-refractivity contribution in [3.05, 3.63) is 161 Å². The summed E-state index contributed by atoms with van der Waals surface area (Å²) in [5, 5.41) is 2.72. The van der Waals surface area contributed by atoms with Crippen molar-refractivity contribution >= 4 is 37.6 Å². The number of allylic oxidation sites excluding steroid dienone is 1. The van der Waals surface area contributed by atoms with Crippen LogP contribution in [0.2, 0.25) is 0 Å². The van der Waals surface area contributed by atoms with Gasteiger partial charge in [-0.1, -0.05) is 121 Å². The summed E-state index contributed by atoms with van der Waals surface area (Å²) >= 11 is 1.94. The van der Waals surface area contributed by atoms with Gasteiger partial charge in [0.1, 0.15) is 0 Å². The van der Waals surface area contributed by atoms with Crippen LogP contribution in [0.3, 0.4) is 0 Å². The standard InChI is InChI=1S/C40H24S/c1-4-16-33-28(11-1)30-15-8-14-27(26-20-19-24-9-7-10-25(24)23-26)38(30)40(33)34-17-5-2-13-32(34)37-35(40)22-21-31-29-12-3-6-18-36(29)41-39(31)37/h1-8,10-23H,9H2. The van der Waals surface area contributed by atoms with Crippen LogP contribution in [0.1, 0.15) is 33.4 Å². The molecule has 0 saturated heterocycles. The van der Waals surface area contributed by atoms with E-state index in [4.69, 9.17) is 0 Å². The summed E-state index contributed by atoms with van der Waals surface area (Å²) in [5.41, 5.74) is 16.2. The molecule has 7 aromatic rings. The van der Waals surface area contributed by atoms with Crippen LogP contribution >= 0.6 is 11.3 Å². The molecule has 6 aromatic carbocycles. The molecule has 0 radical (unpaired) electrons. The van der Waals surface area contributed by atoms with E-state index in [1.54, 1.807) is 0 Å². The molecular weight excluding hydrogens is 513 g/mol. The highest BCUT2D eigenvalue weighted by atomic mass is 32.1. The van der Waals surface area contributed by atoms with Gasteiger partial charge in [0.2, 0.25) is 0 Å². The maximum absolute atomic E-state index is 2.45. The van der Waals surface area contributed by atoms with Crippen molar-refractivity contribution in [3.63, 3.8) is 0 Å². The van der Waals surface area contributed by atoms with Crippen molar-refractivity contribution in [2.24, 2.45) is 0 Å². The lowest BCUT2D eigenvalue weighted by atomic mass is 9.68. The second-order valence-electron chi connectivity index (χ2n) is 11.6. The predicted octanol–water partition coefficient (Wildman–Crippen LogP) is 10.6. The molecule has 3 aliphatic rings. The van der Waals surface area contributed by atoms with E-state index in [1.165, 1.54) is 86.9 Å². The minimum atomic E-state index is -0.367. The fourth-order valence-electron chi connectivity index (χ4n) is 8.12. The highest BCUT2D eigenvalue weighted by Gasteiger charge is 2.53. The Hall–Kier alpha value is -4.72. The third kappa shape index (κ3) is 2.61. The maximum atomic E-state index is 2.45. The first-order chi connectivity index (χ1) is 20.3. The van der Waals surface area contributed by atoms with Crippen LogP contribution < -0.4 is 0 Å². The SMILES string of the molecule is C1=Cc2cc(-c3cccc4c3C3(c5ccccc5-4)c4ccccc4-c4c3ccc3c4sc4ccccc43)ccc2C1. The highest BCUT2D eigenvalue weighted by molar-refractivity contribution is 7.26. The van der Waals surface area contributed by atoms with E-state index in [-0.39, 0.29) is 5.41 Å². The number of benzene rings is 6. The molecule has 0 saturated carbocycles. The Morgan fingerprint density at radius 3 is 2.24 bits per heavy atom. The van der Waals surface area contributed by atoms with Crippen LogP contribution in [-0.4, -0.2) is 0 Å². The lowest BCUT2D eigenvalue weighted by Crippen LogP contribution is -2.26. The molecule has 0 fully saturated rings. The first-order valence-corrected chi connectivity index (χ1v) is 15.2. The normalized spacial score (nSPS) is 17.2. The number of rotatable bonds is 1. The van der Waals surface area contributed by atoms with Crippen molar-refractivity contribution in [3.8, 4) is 33.4 Å². The Balaban J connectivity index is 1.39. The van der Waals surface area contributed by atoms with Crippen LogP contribution in [0.15, 0.2) is 127 Å². The highest BCUT2D eigenvalue weighted by Crippen LogP contribution is 2.65. The van der Waals surface area contributed by atoms with Gasteiger partial charge in [-0.15, -0.1) is 11.3 Å². The van der Waals surface area contributed by atoms with Gasteiger partial charge in [0, 0.05) is 25.7 Å². The summed E-state index contributed by atoms with van der Waals surface area (Å²) in [4.78, 5) is 0. The molecule has 3 aliphatic carbocycles. The van der Waals surface area contributed by atoms with Crippen LogP contribution in [0.5, 0.6) is 0 Å². The second kappa shape index (κ2) is 7.72. The largest absolute Gasteiger partial charge is 0.135 e. The molecule has 1 spiro atoms. The van der Waals surface area contributed by atoms with Crippen molar-refractivity contribution in [2.45, 2.75) is 11.8 Å². The zero-order valence-electron chi connectivity index (χ0n) is 22.3. The van der Waals surface area contributed by atoms with E-state index in [0.29, 0.717) is 0 Å². The molecule has 10 rings (SSSR count). The molecule has 1 heterocycles. The van der Waals surface area contributed by atoms with Gasteiger partial charge in [-0.05, 0) is 79.8 Å². The van der Waals surface area contributed by atoms with E-state index in [0.717, 1.165) is 6.42 Å². The molecule has 0 aliphatic heterocycles. The molecule has 1 aromatic heterocycles. The molecule has 1 heteroatoms. The van der Waals surface area contributed by atoms with E-state index in [2.05, 4.69) is 133 Å². The van der Waals surface area contributed by atoms with Crippen LogP contribution in [0.4, 0.5) is 0 Å². The van der Waals surface area contributed by atoms with Gasteiger partial charge in [-0.25, -0.2) is 0 Å². The molecule has 0 nitrogen and oxygen atoms in total. The molecule has 1 atom stereocenters. The van der Waals surface area contributed by atoms with Gasteiger partial charge in [-0.2, -0.15) is 0 Å². The van der Waals surface area contributed by atoms with Crippen LogP contribution in [0, 0.1) is 0 Å². The Morgan fingerprint density at radius 2 is 1.32 bits per heavy atom. The van der Waals surface area contributed by atoms with Crippen LogP contribution in [0.25, 0.3) is 59.6 Å². The first kappa shape index (κ1) is 22.0. The van der Waals surface area contributed by atoms with Gasteiger partial charge in [0.05, 0.1) is 5.41 Å². The van der Waals surface area contributed by atoms with Gasteiger partial charge >= 0.3 is 0 Å². The topological polar surface area (TPSA) is 0 Å².